The molecule has 0 amide bonds. The molecule has 0 aliphatic carbocycles. The average molecular weight is 219 g/mol. The number of ketones is 1. The van der Waals surface area contributed by atoms with Crippen LogP contribution in [-0.4, -0.2) is 16.9 Å². The number of aromatic nitrogens is 1. The molecule has 0 saturated heterocycles. The lowest BCUT2D eigenvalue weighted by Gasteiger charge is -2.13. The van der Waals surface area contributed by atoms with Gasteiger partial charge in [-0.3, -0.25) is 9.78 Å². The molecule has 1 aromatic rings. The number of rotatable bonds is 4. The van der Waals surface area contributed by atoms with Gasteiger partial charge in [-0.15, -0.1) is 0 Å². The summed E-state index contributed by atoms with van der Waals surface area (Å²) in [5.41, 5.74) is 2.80. The minimum absolute atomic E-state index is 0.00151. The van der Waals surface area contributed by atoms with Crippen LogP contribution in [0.4, 0.5) is 0 Å². The van der Waals surface area contributed by atoms with E-state index in [2.05, 4.69) is 11.6 Å². The van der Waals surface area contributed by atoms with Crippen LogP contribution in [0.15, 0.2) is 18.8 Å². The van der Waals surface area contributed by atoms with Gasteiger partial charge in [0.25, 0.3) is 0 Å². The molecule has 0 bridgehead atoms. The summed E-state index contributed by atoms with van der Waals surface area (Å²) in [6.45, 7) is 10.9. The van der Waals surface area contributed by atoms with E-state index in [4.69, 9.17) is 4.74 Å². The first-order chi connectivity index (χ1) is 7.41. The fourth-order valence-corrected chi connectivity index (χ4v) is 1.35. The largest absolute Gasteiger partial charge is 0.481 e. The van der Waals surface area contributed by atoms with Crippen molar-refractivity contribution in [1.82, 2.24) is 4.98 Å². The molecule has 1 heterocycles. The number of nitrogens with zero attached hydrogens (tertiary/aromatic N) is 1. The van der Waals surface area contributed by atoms with Crippen molar-refractivity contribution in [2.45, 2.75) is 33.8 Å². The Morgan fingerprint density at radius 2 is 2.12 bits per heavy atom. The van der Waals surface area contributed by atoms with E-state index in [-0.39, 0.29) is 5.78 Å². The molecule has 86 valence electrons. The van der Waals surface area contributed by atoms with E-state index in [0.717, 1.165) is 16.8 Å². The highest BCUT2D eigenvalue weighted by atomic mass is 16.5. The van der Waals surface area contributed by atoms with Gasteiger partial charge in [0.15, 0.2) is 11.9 Å². The number of aryl methyl sites for hydroxylation is 1. The molecule has 3 heteroatoms. The summed E-state index contributed by atoms with van der Waals surface area (Å²) in [5, 5.41) is 0. The minimum Gasteiger partial charge on any atom is -0.481 e. The first kappa shape index (κ1) is 12.4. The molecular weight excluding hydrogens is 202 g/mol. The molecule has 1 rings (SSSR count). The summed E-state index contributed by atoms with van der Waals surface area (Å²) in [6, 6.07) is 1.87. The molecule has 3 nitrogen and oxygen atoms in total. The Kier molecular flexibility index (Phi) is 3.82. The fraction of sp³-hybridized carbons (Fsp3) is 0.385. The Balaban J connectivity index is 2.89. The number of ether oxygens (including phenoxy) is 1. The maximum absolute atomic E-state index is 11.0. The number of carbonyl (C=O) groups excluding carboxylic acids is 1. The van der Waals surface area contributed by atoms with Gasteiger partial charge in [0.1, 0.15) is 5.75 Å². The third kappa shape index (κ3) is 2.92. The zero-order valence-electron chi connectivity index (χ0n) is 10.2. The fourth-order valence-electron chi connectivity index (χ4n) is 1.35. The molecule has 0 spiro atoms. The third-order valence-electron chi connectivity index (χ3n) is 2.34. The normalized spacial score (nSPS) is 12.0. The maximum atomic E-state index is 11.0. The van der Waals surface area contributed by atoms with Gasteiger partial charge in [-0.25, -0.2) is 0 Å². The van der Waals surface area contributed by atoms with Gasteiger partial charge in [-0.2, -0.15) is 0 Å². The van der Waals surface area contributed by atoms with Crippen LogP contribution in [0, 0.1) is 6.92 Å². The van der Waals surface area contributed by atoms with Crippen molar-refractivity contribution in [2.24, 2.45) is 0 Å². The lowest BCUT2D eigenvalue weighted by atomic mass is 10.1. The number of hydrogen-bond acceptors (Lipinski definition) is 3. The van der Waals surface area contributed by atoms with Crippen LogP contribution < -0.4 is 4.74 Å². The van der Waals surface area contributed by atoms with Crippen LogP contribution in [0.5, 0.6) is 5.75 Å². The molecule has 0 fully saturated rings. The predicted octanol–water partition coefficient (Wildman–Crippen LogP) is 2.78. The Labute approximate surface area is 96.2 Å². The second-order valence-corrected chi connectivity index (χ2v) is 3.99. The molecule has 0 N–H and O–H groups in total. The Bertz CT molecular complexity index is 424. The predicted molar refractivity (Wildman–Crippen MR) is 64.5 cm³/mol. The highest BCUT2D eigenvalue weighted by Gasteiger charge is 2.10. The molecule has 0 aliphatic rings. The highest BCUT2D eigenvalue weighted by Crippen LogP contribution is 2.20. The number of pyridine rings is 1. The van der Waals surface area contributed by atoms with Crippen LogP contribution in [0.2, 0.25) is 0 Å². The summed E-state index contributed by atoms with van der Waals surface area (Å²) in [7, 11) is 0. The van der Waals surface area contributed by atoms with Crippen molar-refractivity contribution in [1.29, 1.82) is 0 Å². The van der Waals surface area contributed by atoms with Crippen LogP contribution in [0.25, 0.3) is 5.57 Å². The van der Waals surface area contributed by atoms with Crippen LogP contribution >= 0.6 is 0 Å². The van der Waals surface area contributed by atoms with E-state index in [0.29, 0.717) is 5.75 Å². The van der Waals surface area contributed by atoms with E-state index in [1.807, 2.05) is 19.9 Å². The Hall–Kier alpha value is -1.64. The van der Waals surface area contributed by atoms with Gasteiger partial charge in [0.05, 0.1) is 11.9 Å². The van der Waals surface area contributed by atoms with E-state index >= 15 is 0 Å². The second kappa shape index (κ2) is 4.92. The number of hydrogen-bond donors (Lipinski definition) is 0. The van der Waals surface area contributed by atoms with Crippen LogP contribution in [0.1, 0.15) is 32.0 Å². The number of allylic oxidation sites excluding steroid dienone is 1. The third-order valence-corrected chi connectivity index (χ3v) is 2.34. The van der Waals surface area contributed by atoms with E-state index in [9.17, 15) is 4.79 Å². The molecule has 1 unspecified atom stereocenters. The molecule has 1 atom stereocenters. The smallest absolute Gasteiger partial charge is 0.169 e. The quantitative estimate of drug-likeness (QED) is 0.781. The van der Waals surface area contributed by atoms with Gasteiger partial charge in [0.2, 0.25) is 0 Å². The number of Topliss-reactive ketones (excluding diaryl/α,β-unsaturated/α-hetero) is 1. The van der Waals surface area contributed by atoms with Crippen LogP contribution in [0.3, 0.4) is 0 Å². The maximum Gasteiger partial charge on any atom is 0.169 e. The van der Waals surface area contributed by atoms with Crippen molar-refractivity contribution in [2.75, 3.05) is 0 Å². The monoisotopic (exact) mass is 219 g/mol. The summed E-state index contributed by atoms with van der Waals surface area (Å²) in [6.07, 6.45) is 1.19. The average Bonchev–Trinajstić information content (AvgIpc) is 2.16. The SMILES string of the molecule is C=C(C)c1ncc(OC(C)C(C)=O)cc1C. The standard InChI is InChI=1S/C13H17NO2/c1-8(2)13-9(3)6-12(7-14-13)16-11(5)10(4)15/h6-7,11H,1H2,2-5H3. The molecule has 0 saturated carbocycles. The van der Waals surface area contributed by atoms with E-state index in [1.165, 1.54) is 6.92 Å². The summed E-state index contributed by atoms with van der Waals surface area (Å²) >= 11 is 0. The minimum atomic E-state index is -0.433. The highest BCUT2D eigenvalue weighted by molar-refractivity contribution is 5.80. The Morgan fingerprint density at radius 1 is 1.50 bits per heavy atom. The molecule has 0 aliphatic heterocycles. The Morgan fingerprint density at radius 3 is 2.56 bits per heavy atom. The number of carbonyl (C=O) groups is 1. The first-order valence-corrected chi connectivity index (χ1v) is 5.21. The van der Waals surface area contributed by atoms with Crippen molar-refractivity contribution in [3.8, 4) is 5.75 Å². The van der Waals surface area contributed by atoms with Crippen molar-refractivity contribution >= 4 is 11.4 Å². The zero-order valence-corrected chi connectivity index (χ0v) is 10.2. The lowest BCUT2D eigenvalue weighted by molar-refractivity contribution is -0.122. The first-order valence-electron chi connectivity index (χ1n) is 5.21. The molecule has 0 aromatic carbocycles. The summed E-state index contributed by atoms with van der Waals surface area (Å²) < 4.78 is 5.45. The molecule has 0 radical (unpaired) electrons. The van der Waals surface area contributed by atoms with Gasteiger partial charge < -0.3 is 4.74 Å². The van der Waals surface area contributed by atoms with Gasteiger partial charge in [-0.1, -0.05) is 6.58 Å². The van der Waals surface area contributed by atoms with Gasteiger partial charge in [0, 0.05) is 0 Å². The summed E-state index contributed by atoms with van der Waals surface area (Å²) in [5.74, 6) is 0.617. The van der Waals surface area contributed by atoms with E-state index in [1.54, 1.807) is 13.1 Å². The lowest BCUT2D eigenvalue weighted by Crippen LogP contribution is -2.20. The van der Waals surface area contributed by atoms with Crippen LogP contribution in [-0.2, 0) is 4.79 Å². The van der Waals surface area contributed by atoms with Gasteiger partial charge in [-0.05, 0) is 44.9 Å². The van der Waals surface area contributed by atoms with Crippen molar-refractivity contribution in [3.63, 3.8) is 0 Å². The van der Waals surface area contributed by atoms with Crippen molar-refractivity contribution < 1.29 is 9.53 Å². The molecule has 16 heavy (non-hydrogen) atoms. The molecular formula is C13H17NO2. The van der Waals surface area contributed by atoms with Gasteiger partial charge >= 0.3 is 0 Å². The topological polar surface area (TPSA) is 39.2 Å². The van der Waals surface area contributed by atoms with Crippen molar-refractivity contribution in [3.05, 3.63) is 30.1 Å². The summed E-state index contributed by atoms with van der Waals surface area (Å²) in [4.78, 5) is 15.3. The zero-order chi connectivity index (χ0) is 12.3. The van der Waals surface area contributed by atoms with E-state index < -0.39 is 6.10 Å². The molecule has 1 aromatic heterocycles. The second-order valence-electron chi connectivity index (χ2n) is 3.99.